The molecule has 15 heavy (non-hydrogen) atoms. The fraction of sp³-hybridized carbons (Fsp3) is 0.222. The molecule has 2 aromatic heterocycles. The third-order valence-electron chi connectivity index (χ3n) is 1.83. The first-order valence-corrected chi connectivity index (χ1v) is 4.74. The zero-order chi connectivity index (χ0) is 10.8. The van der Waals surface area contributed by atoms with Gasteiger partial charge in [0.05, 0.1) is 17.3 Å². The predicted molar refractivity (Wildman–Crippen MR) is 53.7 cm³/mol. The molecule has 0 amide bonds. The summed E-state index contributed by atoms with van der Waals surface area (Å²) in [6.07, 6.45) is 4.60. The lowest BCUT2D eigenvalue weighted by Gasteiger charge is -2.04. The Kier molecular flexibility index (Phi) is 2.55. The number of alkyl halides is 1. The number of hydrogen-bond acceptors (Lipinski definition) is 4. The van der Waals surface area contributed by atoms with Gasteiger partial charge in [0, 0.05) is 6.20 Å². The van der Waals surface area contributed by atoms with Gasteiger partial charge in [0.15, 0.2) is 5.56 Å². The van der Waals surface area contributed by atoms with Gasteiger partial charge in [-0.15, -0.1) is 0 Å². The Morgan fingerprint density at radius 2 is 2.47 bits per heavy atom. The molecule has 0 saturated carbocycles. The van der Waals surface area contributed by atoms with Crippen molar-refractivity contribution in [3.8, 4) is 0 Å². The van der Waals surface area contributed by atoms with Gasteiger partial charge < -0.3 is 4.74 Å². The minimum atomic E-state index is -0.655. The zero-order valence-electron chi connectivity index (χ0n) is 7.92. The lowest BCUT2D eigenvalue weighted by Crippen LogP contribution is -2.09. The number of hydrogen-bond donors (Lipinski definition) is 0. The second kappa shape index (κ2) is 3.86. The van der Waals surface area contributed by atoms with E-state index >= 15 is 0 Å². The molecule has 2 heterocycles. The maximum absolute atomic E-state index is 11.6. The van der Waals surface area contributed by atoms with E-state index in [1.54, 1.807) is 29.9 Å². The Bertz CT molecular complexity index is 495. The van der Waals surface area contributed by atoms with Gasteiger partial charge in [-0.1, -0.05) is 11.6 Å². The molecule has 2 aromatic rings. The molecule has 0 spiro atoms. The lowest BCUT2D eigenvalue weighted by molar-refractivity contribution is 0.0474. The van der Waals surface area contributed by atoms with E-state index in [9.17, 15) is 4.79 Å². The van der Waals surface area contributed by atoms with Gasteiger partial charge in [-0.25, -0.2) is 14.3 Å². The van der Waals surface area contributed by atoms with Crippen molar-refractivity contribution in [2.45, 2.75) is 12.5 Å². The number of ether oxygens (including phenoxy) is 1. The summed E-state index contributed by atoms with van der Waals surface area (Å²) in [7, 11) is 0. The third kappa shape index (κ3) is 1.92. The van der Waals surface area contributed by atoms with Crippen LogP contribution in [0.5, 0.6) is 0 Å². The normalized spacial score (nSPS) is 12.7. The summed E-state index contributed by atoms with van der Waals surface area (Å²) in [5, 5.41) is 3.93. The van der Waals surface area contributed by atoms with Crippen LogP contribution in [0.2, 0.25) is 0 Å². The van der Waals surface area contributed by atoms with Crippen LogP contribution in [0.3, 0.4) is 0 Å². The van der Waals surface area contributed by atoms with Crippen molar-refractivity contribution in [3.05, 3.63) is 30.4 Å². The van der Waals surface area contributed by atoms with E-state index in [1.165, 1.54) is 6.33 Å². The highest BCUT2D eigenvalue weighted by atomic mass is 35.5. The van der Waals surface area contributed by atoms with Crippen LogP contribution in [0.25, 0.3) is 5.52 Å². The van der Waals surface area contributed by atoms with Crippen molar-refractivity contribution in [2.24, 2.45) is 0 Å². The van der Waals surface area contributed by atoms with Crippen molar-refractivity contribution in [1.29, 1.82) is 0 Å². The number of rotatable bonds is 2. The first-order chi connectivity index (χ1) is 7.18. The summed E-state index contributed by atoms with van der Waals surface area (Å²) in [5.74, 6) is -0.477. The second-order valence-corrected chi connectivity index (χ2v) is 3.53. The van der Waals surface area contributed by atoms with Crippen LogP contribution < -0.4 is 0 Å². The molecule has 0 aliphatic heterocycles. The molecule has 1 atom stereocenters. The lowest BCUT2D eigenvalue weighted by atomic mass is 10.3. The van der Waals surface area contributed by atoms with E-state index in [0.29, 0.717) is 11.1 Å². The Morgan fingerprint density at radius 3 is 3.20 bits per heavy atom. The van der Waals surface area contributed by atoms with Crippen molar-refractivity contribution < 1.29 is 9.53 Å². The molecule has 1 unspecified atom stereocenters. The standard InChI is InChI=1S/C9H8ClN3O2/c1-6(10)15-9(14)7-2-3-13-8(7)4-11-5-12-13/h2-6H,1H3. The van der Waals surface area contributed by atoms with E-state index in [-0.39, 0.29) is 0 Å². The molecule has 0 aliphatic carbocycles. The van der Waals surface area contributed by atoms with Gasteiger partial charge in [-0.2, -0.15) is 5.10 Å². The third-order valence-corrected chi connectivity index (χ3v) is 1.92. The number of carbonyl (C=O) groups excluding carboxylic acids is 1. The largest absolute Gasteiger partial charge is 0.443 e. The van der Waals surface area contributed by atoms with E-state index in [0.717, 1.165) is 0 Å². The molecule has 2 rings (SSSR count). The zero-order valence-corrected chi connectivity index (χ0v) is 8.68. The van der Waals surface area contributed by atoms with Gasteiger partial charge in [0.1, 0.15) is 6.33 Å². The maximum Gasteiger partial charge on any atom is 0.341 e. The highest BCUT2D eigenvalue weighted by molar-refractivity contribution is 6.20. The molecule has 0 N–H and O–H groups in total. The minimum Gasteiger partial charge on any atom is -0.443 e. The molecule has 78 valence electrons. The maximum atomic E-state index is 11.6. The smallest absolute Gasteiger partial charge is 0.341 e. The molecular weight excluding hydrogens is 218 g/mol. The number of halogens is 1. The number of nitrogens with zero attached hydrogens (tertiary/aromatic N) is 3. The fourth-order valence-corrected chi connectivity index (χ4v) is 1.32. The summed E-state index contributed by atoms with van der Waals surface area (Å²) in [4.78, 5) is 15.4. The monoisotopic (exact) mass is 225 g/mol. The fourth-order valence-electron chi connectivity index (χ4n) is 1.24. The summed E-state index contributed by atoms with van der Waals surface area (Å²) in [6, 6.07) is 1.62. The van der Waals surface area contributed by atoms with E-state index < -0.39 is 11.5 Å². The Morgan fingerprint density at radius 1 is 1.67 bits per heavy atom. The average Bonchev–Trinajstić information content (AvgIpc) is 2.59. The number of esters is 1. The van der Waals surface area contributed by atoms with Crippen molar-refractivity contribution in [2.75, 3.05) is 0 Å². The highest BCUT2D eigenvalue weighted by Gasteiger charge is 2.14. The van der Waals surface area contributed by atoms with Crippen molar-refractivity contribution >= 4 is 23.1 Å². The van der Waals surface area contributed by atoms with Gasteiger partial charge in [-0.05, 0) is 13.0 Å². The van der Waals surface area contributed by atoms with Gasteiger partial charge >= 0.3 is 5.97 Å². The summed E-state index contributed by atoms with van der Waals surface area (Å²) >= 11 is 5.56. The Hall–Kier alpha value is -1.62. The van der Waals surface area contributed by atoms with E-state index in [2.05, 4.69) is 10.1 Å². The summed E-state index contributed by atoms with van der Waals surface area (Å²) < 4.78 is 6.40. The van der Waals surface area contributed by atoms with Gasteiger partial charge in [0.2, 0.25) is 0 Å². The van der Waals surface area contributed by atoms with Crippen LogP contribution in [0.1, 0.15) is 17.3 Å². The minimum absolute atomic E-state index is 0.406. The first-order valence-electron chi connectivity index (χ1n) is 4.31. The molecule has 5 nitrogen and oxygen atoms in total. The predicted octanol–water partition coefficient (Wildman–Crippen LogP) is 1.47. The van der Waals surface area contributed by atoms with Crippen LogP contribution in [0.4, 0.5) is 0 Å². The number of aromatic nitrogens is 3. The topological polar surface area (TPSA) is 56.5 Å². The molecule has 0 aliphatic rings. The molecule has 0 aromatic carbocycles. The van der Waals surface area contributed by atoms with Crippen LogP contribution >= 0.6 is 11.6 Å². The molecule has 0 bridgehead atoms. The van der Waals surface area contributed by atoms with Crippen molar-refractivity contribution in [3.63, 3.8) is 0 Å². The Balaban J connectivity index is 2.40. The van der Waals surface area contributed by atoms with E-state index in [4.69, 9.17) is 16.3 Å². The van der Waals surface area contributed by atoms with Crippen LogP contribution in [0, 0.1) is 0 Å². The van der Waals surface area contributed by atoms with Crippen LogP contribution in [0.15, 0.2) is 24.8 Å². The van der Waals surface area contributed by atoms with Crippen LogP contribution in [-0.4, -0.2) is 26.1 Å². The molecule has 0 saturated heterocycles. The first kappa shape index (κ1) is 9.92. The number of carbonyl (C=O) groups is 1. The average molecular weight is 226 g/mol. The second-order valence-electron chi connectivity index (χ2n) is 2.92. The summed E-state index contributed by atoms with van der Waals surface area (Å²) in [6.45, 7) is 1.58. The molecule has 0 radical (unpaired) electrons. The van der Waals surface area contributed by atoms with Gasteiger partial charge in [0.25, 0.3) is 0 Å². The van der Waals surface area contributed by atoms with Crippen molar-refractivity contribution in [1.82, 2.24) is 14.6 Å². The van der Waals surface area contributed by atoms with Crippen LogP contribution in [-0.2, 0) is 4.74 Å². The highest BCUT2D eigenvalue weighted by Crippen LogP contribution is 2.12. The SMILES string of the molecule is CC(Cl)OC(=O)c1ccn2ncncc12. The van der Waals surface area contributed by atoms with E-state index in [1.807, 2.05) is 0 Å². The molecule has 0 fully saturated rings. The molecule has 6 heteroatoms. The quantitative estimate of drug-likeness (QED) is 0.574. The molecular formula is C9H8ClN3O2. The number of fused-ring (bicyclic) bond motifs is 1. The summed E-state index contributed by atoms with van der Waals surface area (Å²) in [5.41, 5.74) is 0.347. The Labute approximate surface area is 90.6 Å². The van der Waals surface area contributed by atoms with Gasteiger partial charge in [-0.3, -0.25) is 0 Å².